The van der Waals surface area contributed by atoms with Gasteiger partial charge in [0.2, 0.25) is 11.9 Å². The van der Waals surface area contributed by atoms with E-state index in [-0.39, 0.29) is 5.91 Å². The monoisotopic (exact) mass is 382 g/mol. The van der Waals surface area contributed by atoms with E-state index < -0.39 is 0 Å². The third-order valence-corrected chi connectivity index (χ3v) is 5.30. The highest BCUT2D eigenvalue weighted by Gasteiger charge is 2.26. The standard InChI is InChI=1S/C19H22N6OS/c1-12(2)14-11-21-25-17(14)22-19(27-3)23-18(25)20-10-13-6-4-5-7-15(13)24-9-8-16(24)26/h4-7,11-12H,8-10H2,1-3H3,(H,20,22,23). The molecular formula is C19H22N6OS. The van der Waals surface area contributed by atoms with Crippen molar-refractivity contribution in [3.8, 4) is 0 Å². The lowest BCUT2D eigenvalue weighted by Crippen LogP contribution is -2.44. The van der Waals surface area contributed by atoms with Crippen molar-refractivity contribution in [3.05, 3.63) is 41.6 Å². The number of carbonyl (C=O) groups excluding carboxylic acids is 1. The predicted molar refractivity (Wildman–Crippen MR) is 107 cm³/mol. The van der Waals surface area contributed by atoms with Crippen LogP contribution in [0.5, 0.6) is 0 Å². The van der Waals surface area contributed by atoms with Gasteiger partial charge in [0.15, 0.2) is 10.8 Å². The molecule has 0 aliphatic carbocycles. The van der Waals surface area contributed by atoms with Gasteiger partial charge in [-0.15, -0.1) is 0 Å². The number of anilines is 2. The summed E-state index contributed by atoms with van der Waals surface area (Å²) in [6.07, 6.45) is 4.44. The van der Waals surface area contributed by atoms with Crippen molar-refractivity contribution in [2.75, 3.05) is 23.0 Å². The molecule has 8 heteroatoms. The first-order valence-corrected chi connectivity index (χ1v) is 10.2. The SMILES string of the molecule is CSc1nc(NCc2ccccc2N2CCC2=O)n2ncc(C(C)C)c2n1. The van der Waals surface area contributed by atoms with Gasteiger partial charge in [-0.2, -0.15) is 14.6 Å². The van der Waals surface area contributed by atoms with Gasteiger partial charge in [-0.3, -0.25) is 4.79 Å². The second-order valence-electron chi connectivity index (χ2n) is 6.80. The van der Waals surface area contributed by atoms with Gasteiger partial charge in [-0.05, 0) is 23.8 Å². The van der Waals surface area contributed by atoms with E-state index in [9.17, 15) is 4.79 Å². The fraction of sp³-hybridized carbons (Fsp3) is 0.368. The quantitative estimate of drug-likeness (QED) is 0.521. The minimum atomic E-state index is 0.171. The van der Waals surface area contributed by atoms with E-state index in [0.29, 0.717) is 30.0 Å². The lowest BCUT2D eigenvalue weighted by Gasteiger charge is -2.32. The van der Waals surface area contributed by atoms with Gasteiger partial charge < -0.3 is 10.2 Å². The molecule has 1 saturated heterocycles. The van der Waals surface area contributed by atoms with Gasteiger partial charge in [-0.1, -0.05) is 43.8 Å². The summed E-state index contributed by atoms with van der Waals surface area (Å²) < 4.78 is 1.76. The van der Waals surface area contributed by atoms with Crippen LogP contribution in [0.1, 0.15) is 37.3 Å². The van der Waals surface area contributed by atoms with Crippen LogP contribution in [0, 0.1) is 0 Å². The van der Waals surface area contributed by atoms with Crippen molar-refractivity contribution in [1.29, 1.82) is 0 Å². The number of hydrogen-bond donors (Lipinski definition) is 1. The van der Waals surface area contributed by atoms with Crippen molar-refractivity contribution < 1.29 is 4.79 Å². The largest absolute Gasteiger partial charge is 0.350 e. The summed E-state index contributed by atoms with van der Waals surface area (Å²) in [6.45, 7) is 5.59. The van der Waals surface area contributed by atoms with Crippen LogP contribution in [0.4, 0.5) is 11.6 Å². The lowest BCUT2D eigenvalue weighted by atomic mass is 10.1. The molecule has 0 atom stereocenters. The Morgan fingerprint density at radius 3 is 2.74 bits per heavy atom. The van der Waals surface area contributed by atoms with Gasteiger partial charge in [0, 0.05) is 30.8 Å². The number of para-hydroxylation sites is 1. The number of carbonyl (C=O) groups is 1. The average molecular weight is 382 g/mol. The maximum atomic E-state index is 11.9. The van der Waals surface area contributed by atoms with Gasteiger partial charge >= 0.3 is 0 Å². The molecule has 0 radical (unpaired) electrons. The molecular weight excluding hydrogens is 360 g/mol. The minimum Gasteiger partial charge on any atom is -0.350 e. The Hall–Kier alpha value is -2.61. The average Bonchev–Trinajstić information content (AvgIpc) is 3.10. The second kappa shape index (κ2) is 7.19. The molecule has 1 fully saturated rings. The molecule has 4 rings (SSSR count). The van der Waals surface area contributed by atoms with Crippen molar-refractivity contribution in [1.82, 2.24) is 19.6 Å². The molecule has 1 N–H and O–H groups in total. The molecule has 3 heterocycles. The highest BCUT2D eigenvalue weighted by molar-refractivity contribution is 7.98. The van der Waals surface area contributed by atoms with Crippen molar-refractivity contribution in [3.63, 3.8) is 0 Å². The zero-order chi connectivity index (χ0) is 19.0. The third-order valence-electron chi connectivity index (χ3n) is 4.75. The molecule has 7 nitrogen and oxygen atoms in total. The summed E-state index contributed by atoms with van der Waals surface area (Å²) in [5, 5.41) is 8.57. The number of amides is 1. The summed E-state index contributed by atoms with van der Waals surface area (Å²) >= 11 is 1.51. The van der Waals surface area contributed by atoms with E-state index in [1.54, 1.807) is 4.52 Å². The lowest BCUT2D eigenvalue weighted by molar-refractivity contribution is -0.122. The molecule has 1 aromatic carbocycles. The molecule has 2 aromatic heterocycles. The van der Waals surface area contributed by atoms with E-state index >= 15 is 0 Å². The van der Waals surface area contributed by atoms with Crippen LogP contribution in [0.2, 0.25) is 0 Å². The van der Waals surface area contributed by atoms with Crippen LogP contribution in [-0.2, 0) is 11.3 Å². The fourth-order valence-electron chi connectivity index (χ4n) is 3.16. The summed E-state index contributed by atoms with van der Waals surface area (Å²) in [6, 6.07) is 7.96. The van der Waals surface area contributed by atoms with Crippen molar-refractivity contribution >= 4 is 35.0 Å². The van der Waals surface area contributed by atoms with E-state index in [0.717, 1.165) is 29.0 Å². The number of rotatable bonds is 6. The first kappa shape index (κ1) is 17.8. The van der Waals surface area contributed by atoms with Gasteiger partial charge in [0.05, 0.1) is 6.20 Å². The normalized spacial score (nSPS) is 14.1. The molecule has 0 saturated carbocycles. The van der Waals surface area contributed by atoms with E-state index in [1.165, 1.54) is 11.8 Å². The first-order chi connectivity index (χ1) is 13.1. The molecule has 140 valence electrons. The zero-order valence-corrected chi connectivity index (χ0v) is 16.5. The summed E-state index contributed by atoms with van der Waals surface area (Å²) in [5.41, 5.74) is 3.94. The summed E-state index contributed by atoms with van der Waals surface area (Å²) in [5.74, 6) is 1.16. The van der Waals surface area contributed by atoms with Crippen LogP contribution in [0.3, 0.4) is 0 Å². The molecule has 27 heavy (non-hydrogen) atoms. The highest BCUT2D eigenvalue weighted by Crippen LogP contribution is 2.27. The second-order valence-corrected chi connectivity index (χ2v) is 7.57. The summed E-state index contributed by atoms with van der Waals surface area (Å²) in [4.78, 5) is 22.9. The number of nitrogens with zero attached hydrogens (tertiary/aromatic N) is 5. The molecule has 0 unspecified atom stereocenters. The fourth-order valence-corrected chi connectivity index (χ4v) is 3.51. The molecule has 1 amide bonds. The number of thioether (sulfide) groups is 1. The Morgan fingerprint density at radius 2 is 2.07 bits per heavy atom. The molecule has 1 aliphatic heterocycles. The maximum absolute atomic E-state index is 11.9. The Labute approximate surface area is 162 Å². The first-order valence-electron chi connectivity index (χ1n) is 9.00. The number of nitrogens with one attached hydrogen (secondary N) is 1. The number of benzene rings is 1. The van der Waals surface area contributed by atoms with Crippen LogP contribution >= 0.6 is 11.8 Å². The maximum Gasteiger partial charge on any atom is 0.228 e. The number of hydrogen-bond acceptors (Lipinski definition) is 6. The van der Waals surface area contributed by atoms with Crippen LogP contribution in [0.25, 0.3) is 5.65 Å². The van der Waals surface area contributed by atoms with E-state index in [4.69, 9.17) is 0 Å². The Balaban J connectivity index is 1.66. The summed E-state index contributed by atoms with van der Waals surface area (Å²) in [7, 11) is 0. The molecule has 0 bridgehead atoms. The minimum absolute atomic E-state index is 0.171. The van der Waals surface area contributed by atoms with Gasteiger partial charge in [0.25, 0.3) is 0 Å². The van der Waals surface area contributed by atoms with Crippen LogP contribution < -0.4 is 10.2 Å². The Morgan fingerprint density at radius 1 is 1.26 bits per heavy atom. The van der Waals surface area contributed by atoms with Crippen molar-refractivity contribution in [2.24, 2.45) is 0 Å². The Bertz CT molecular complexity index is 999. The van der Waals surface area contributed by atoms with Gasteiger partial charge in [-0.25, -0.2) is 4.98 Å². The number of β-lactam (4-membered cyclic amide) rings is 1. The topological polar surface area (TPSA) is 75.4 Å². The third kappa shape index (κ3) is 3.25. The number of fused-ring (bicyclic) bond motifs is 1. The van der Waals surface area contributed by atoms with E-state index in [1.807, 2.05) is 41.6 Å². The smallest absolute Gasteiger partial charge is 0.228 e. The molecule has 3 aromatic rings. The molecule has 0 spiro atoms. The Kier molecular flexibility index (Phi) is 4.73. The van der Waals surface area contributed by atoms with Gasteiger partial charge in [0.1, 0.15) is 0 Å². The van der Waals surface area contributed by atoms with Crippen LogP contribution in [-0.4, -0.2) is 38.3 Å². The van der Waals surface area contributed by atoms with Crippen molar-refractivity contribution in [2.45, 2.75) is 37.9 Å². The highest BCUT2D eigenvalue weighted by atomic mass is 32.2. The van der Waals surface area contributed by atoms with Crippen LogP contribution in [0.15, 0.2) is 35.6 Å². The molecule has 1 aliphatic rings. The zero-order valence-electron chi connectivity index (χ0n) is 15.6. The number of aromatic nitrogens is 4. The predicted octanol–water partition coefficient (Wildman–Crippen LogP) is 3.32. The van der Waals surface area contributed by atoms with E-state index in [2.05, 4.69) is 34.2 Å².